The zero-order chi connectivity index (χ0) is 20.6. The average molecular weight is 397 g/mol. The number of carbonyl (C=O) groups is 2. The van der Waals surface area contributed by atoms with Crippen LogP contribution >= 0.6 is 0 Å². The Morgan fingerprint density at radius 3 is 2.69 bits per heavy atom. The van der Waals surface area contributed by atoms with Gasteiger partial charge in [-0.3, -0.25) is 14.6 Å². The molecule has 2 fully saturated rings. The first-order chi connectivity index (χ1) is 14.1. The minimum Gasteiger partial charge on any atom is -0.368 e. The molecule has 8 nitrogen and oxygen atoms in total. The highest BCUT2D eigenvalue weighted by Crippen LogP contribution is 2.16. The minimum atomic E-state index is -0.282. The number of amides is 2. The van der Waals surface area contributed by atoms with E-state index in [1.54, 1.807) is 31.3 Å². The van der Waals surface area contributed by atoms with Gasteiger partial charge in [-0.2, -0.15) is 0 Å². The van der Waals surface area contributed by atoms with Crippen molar-refractivity contribution in [1.29, 1.82) is 0 Å². The quantitative estimate of drug-likeness (QED) is 0.439. The third kappa shape index (κ3) is 5.48. The summed E-state index contributed by atoms with van der Waals surface area (Å²) >= 11 is 0. The molecule has 154 valence electrons. The van der Waals surface area contributed by atoms with Crippen molar-refractivity contribution in [2.24, 2.45) is 4.99 Å². The lowest BCUT2D eigenvalue weighted by Gasteiger charge is -2.37. The molecule has 0 radical (unpaired) electrons. The fraction of sp³-hybridized carbons (Fsp3) is 0.476. The molecule has 1 atom stereocenters. The van der Waals surface area contributed by atoms with Gasteiger partial charge in [0.1, 0.15) is 6.10 Å². The molecule has 0 spiro atoms. The van der Waals surface area contributed by atoms with Crippen LogP contribution in [0.5, 0.6) is 0 Å². The highest BCUT2D eigenvalue weighted by molar-refractivity contribution is 5.95. The predicted octanol–water partition coefficient (Wildman–Crippen LogP) is 0.505. The zero-order valence-corrected chi connectivity index (χ0v) is 16.7. The standard InChI is InChI=1S/C21H27N5O3/c1-3-16-6-4-7-17(14-16)24-19(27)15-23-21(22-2)26-11-9-25(10-12-26)20(28)18-8-5-13-29-18/h1,4,6-7,14,18H,5,8-13,15H2,2H3,(H,22,23)(H,24,27). The number of rotatable bonds is 4. The van der Waals surface area contributed by atoms with E-state index in [0.717, 1.165) is 12.8 Å². The van der Waals surface area contributed by atoms with Crippen LogP contribution in [0.25, 0.3) is 0 Å². The molecular weight excluding hydrogens is 370 g/mol. The van der Waals surface area contributed by atoms with Crippen molar-refractivity contribution in [3.63, 3.8) is 0 Å². The van der Waals surface area contributed by atoms with Crippen LogP contribution in [0.3, 0.4) is 0 Å². The molecule has 2 aliphatic rings. The normalized spacial score (nSPS) is 19.6. The first-order valence-corrected chi connectivity index (χ1v) is 9.83. The lowest BCUT2D eigenvalue weighted by molar-refractivity contribution is -0.142. The number of hydrogen-bond donors (Lipinski definition) is 2. The van der Waals surface area contributed by atoms with Gasteiger partial charge in [-0.05, 0) is 31.0 Å². The highest BCUT2D eigenvalue weighted by atomic mass is 16.5. The van der Waals surface area contributed by atoms with Gasteiger partial charge in [0, 0.05) is 51.1 Å². The molecule has 0 saturated carbocycles. The number of ether oxygens (including phenoxy) is 1. The molecule has 2 aliphatic heterocycles. The van der Waals surface area contributed by atoms with Crippen molar-refractivity contribution in [3.05, 3.63) is 29.8 Å². The first-order valence-electron chi connectivity index (χ1n) is 9.83. The van der Waals surface area contributed by atoms with Gasteiger partial charge in [-0.1, -0.05) is 12.0 Å². The van der Waals surface area contributed by atoms with Crippen molar-refractivity contribution < 1.29 is 14.3 Å². The zero-order valence-electron chi connectivity index (χ0n) is 16.7. The fourth-order valence-electron chi connectivity index (χ4n) is 3.50. The fourth-order valence-corrected chi connectivity index (χ4v) is 3.50. The Morgan fingerprint density at radius 2 is 2.03 bits per heavy atom. The maximum atomic E-state index is 12.5. The van der Waals surface area contributed by atoms with Crippen LogP contribution in [0.1, 0.15) is 18.4 Å². The second kappa shape index (κ2) is 9.94. The molecule has 8 heteroatoms. The Hall–Kier alpha value is -3.05. The molecule has 3 rings (SSSR count). The molecule has 1 aromatic carbocycles. The molecule has 0 bridgehead atoms. The van der Waals surface area contributed by atoms with Gasteiger partial charge in [-0.25, -0.2) is 0 Å². The Balaban J connectivity index is 1.45. The van der Waals surface area contributed by atoms with Crippen LogP contribution < -0.4 is 10.6 Å². The summed E-state index contributed by atoms with van der Waals surface area (Å²) in [6, 6.07) is 7.14. The second-order valence-corrected chi connectivity index (χ2v) is 6.99. The molecule has 0 aliphatic carbocycles. The van der Waals surface area contributed by atoms with Gasteiger partial charge in [0.25, 0.3) is 5.91 Å². The molecule has 2 amide bonds. The van der Waals surface area contributed by atoms with E-state index in [9.17, 15) is 9.59 Å². The molecule has 29 heavy (non-hydrogen) atoms. The summed E-state index contributed by atoms with van der Waals surface area (Å²) in [5.41, 5.74) is 1.37. The summed E-state index contributed by atoms with van der Waals surface area (Å²) in [6.07, 6.45) is 6.86. The van der Waals surface area contributed by atoms with E-state index in [-0.39, 0.29) is 24.5 Å². The second-order valence-electron chi connectivity index (χ2n) is 6.99. The van der Waals surface area contributed by atoms with E-state index in [0.29, 0.717) is 50.0 Å². The number of piperazine rings is 1. The summed E-state index contributed by atoms with van der Waals surface area (Å²) in [5.74, 6) is 3.08. The van der Waals surface area contributed by atoms with E-state index in [1.165, 1.54) is 0 Å². The van der Waals surface area contributed by atoms with Gasteiger partial charge in [-0.15, -0.1) is 6.42 Å². The van der Waals surface area contributed by atoms with Gasteiger partial charge in [0.2, 0.25) is 5.91 Å². The Morgan fingerprint density at radius 1 is 1.28 bits per heavy atom. The maximum absolute atomic E-state index is 12.5. The van der Waals surface area contributed by atoms with Crippen molar-refractivity contribution in [2.45, 2.75) is 18.9 Å². The Bertz CT molecular complexity index is 803. The molecule has 2 heterocycles. The third-order valence-electron chi connectivity index (χ3n) is 5.03. The van der Waals surface area contributed by atoms with Crippen LogP contribution in [0.4, 0.5) is 5.69 Å². The summed E-state index contributed by atoms with van der Waals surface area (Å²) < 4.78 is 5.50. The van der Waals surface area contributed by atoms with E-state index in [1.807, 2.05) is 9.80 Å². The largest absolute Gasteiger partial charge is 0.368 e. The van der Waals surface area contributed by atoms with Crippen LogP contribution in [0.15, 0.2) is 29.3 Å². The van der Waals surface area contributed by atoms with Gasteiger partial charge in [0.05, 0.1) is 6.54 Å². The smallest absolute Gasteiger partial charge is 0.251 e. The number of anilines is 1. The number of aliphatic imine (C=N–C) groups is 1. The first kappa shape index (κ1) is 20.7. The average Bonchev–Trinajstić information content (AvgIpc) is 3.29. The summed E-state index contributed by atoms with van der Waals surface area (Å²) in [7, 11) is 1.68. The lowest BCUT2D eigenvalue weighted by Crippen LogP contribution is -2.55. The van der Waals surface area contributed by atoms with E-state index in [2.05, 4.69) is 21.5 Å². The monoisotopic (exact) mass is 397 g/mol. The van der Waals surface area contributed by atoms with E-state index >= 15 is 0 Å². The van der Waals surface area contributed by atoms with Gasteiger partial charge in [0.15, 0.2) is 5.96 Å². The topological polar surface area (TPSA) is 86.3 Å². The Labute approximate surface area is 171 Å². The number of nitrogens with zero attached hydrogens (tertiary/aromatic N) is 3. The molecule has 2 saturated heterocycles. The molecule has 1 aromatic rings. The van der Waals surface area contributed by atoms with Crippen LogP contribution in [-0.4, -0.2) is 80.1 Å². The maximum Gasteiger partial charge on any atom is 0.251 e. The molecule has 1 unspecified atom stereocenters. The third-order valence-corrected chi connectivity index (χ3v) is 5.03. The van der Waals surface area contributed by atoms with Crippen molar-refractivity contribution in [1.82, 2.24) is 15.1 Å². The van der Waals surface area contributed by atoms with Crippen molar-refractivity contribution in [2.75, 3.05) is 51.7 Å². The highest BCUT2D eigenvalue weighted by Gasteiger charge is 2.30. The number of terminal acetylenes is 1. The van der Waals surface area contributed by atoms with E-state index in [4.69, 9.17) is 11.2 Å². The summed E-state index contributed by atoms with van der Waals surface area (Å²) in [4.78, 5) is 32.9. The summed E-state index contributed by atoms with van der Waals surface area (Å²) in [6.45, 7) is 3.30. The number of nitrogens with one attached hydrogen (secondary N) is 2. The SMILES string of the molecule is C#Cc1cccc(NC(=O)CNC(=NC)N2CCN(C(=O)C3CCCO3)CC2)c1. The molecule has 0 aromatic heterocycles. The van der Waals surface area contributed by atoms with Crippen molar-refractivity contribution in [3.8, 4) is 12.3 Å². The number of hydrogen-bond acceptors (Lipinski definition) is 4. The van der Waals surface area contributed by atoms with Gasteiger partial charge >= 0.3 is 0 Å². The molecule has 2 N–H and O–H groups in total. The van der Waals surface area contributed by atoms with Crippen molar-refractivity contribution >= 4 is 23.5 Å². The predicted molar refractivity (Wildman–Crippen MR) is 111 cm³/mol. The van der Waals surface area contributed by atoms with Gasteiger partial charge < -0.3 is 25.2 Å². The number of guanidine groups is 1. The minimum absolute atomic E-state index is 0.0821. The van der Waals surface area contributed by atoms with E-state index < -0.39 is 0 Å². The van der Waals surface area contributed by atoms with Crippen LogP contribution in [0.2, 0.25) is 0 Å². The lowest BCUT2D eigenvalue weighted by atomic mass is 10.2. The van der Waals surface area contributed by atoms with Crippen LogP contribution in [-0.2, 0) is 14.3 Å². The number of benzene rings is 1. The number of carbonyl (C=O) groups excluding carboxylic acids is 2. The van der Waals surface area contributed by atoms with Crippen LogP contribution in [0, 0.1) is 12.3 Å². The summed E-state index contributed by atoms with van der Waals surface area (Å²) in [5, 5.41) is 5.90. The Kier molecular flexibility index (Phi) is 7.09. The molecular formula is C21H27N5O3.